The highest BCUT2D eigenvalue weighted by Gasteiger charge is 2.19. The summed E-state index contributed by atoms with van der Waals surface area (Å²) in [7, 11) is 0. The van der Waals surface area contributed by atoms with Gasteiger partial charge >= 0.3 is 17.9 Å². The molecule has 0 bridgehead atoms. The lowest BCUT2D eigenvalue weighted by Gasteiger charge is -2.18. The van der Waals surface area contributed by atoms with Crippen LogP contribution in [0.1, 0.15) is 265 Å². The van der Waals surface area contributed by atoms with E-state index in [4.69, 9.17) is 14.2 Å². The number of ether oxygens (including phenoxy) is 3. The van der Waals surface area contributed by atoms with Crippen molar-refractivity contribution in [2.75, 3.05) is 13.2 Å². The van der Waals surface area contributed by atoms with Crippen LogP contribution in [0.3, 0.4) is 0 Å². The summed E-state index contributed by atoms with van der Waals surface area (Å²) in [5.74, 6) is -0.860. The zero-order valence-corrected chi connectivity index (χ0v) is 35.8. The fourth-order valence-electron chi connectivity index (χ4n) is 7.03. The van der Waals surface area contributed by atoms with E-state index in [2.05, 4.69) is 20.8 Å². The average Bonchev–Trinajstić information content (AvgIpc) is 3.15. The van der Waals surface area contributed by atoms with Crippen molar-refractivity contribution in [3.8, 4) is 0 Å². The molecule has 6 heteroatoms. The molecule has 0 unspecified atom stereocenters. The van der Waals surface area contributed by atoms with E-state index in [-0.39, 0.29) is 31.1 Å². The highest BCUT2D eigenvalue weighted by molar-refractivity contribution is 5.71. The van der Waals surface area contributed by atoms with Gasteiger partial charge in [-0.05, 0) is 19.3 Å². The van der Waals surface area contributed by atoms with Gasteiger partial charge in [0, 0.05) is 19.3 Å². The van der Waals surface area contributed by atoms with Gasteiger partial charge in [-0.2, -0.15) is 0 Å². The molecule has 0 aliphatic heterocycles. The van der Waals surface area contributed by atoms with Gasteiger partial charge in [0.25, 0.3) is 0 Å². The van der Waals surface area contributed by atoms with Crippen molar-refractivity contribution in [1.29, 1.82) is 0 Å². The molecule has 0 aliphatic rings. The van der Waals surface area contributed by atoms with Crippen molar-refractivity contribution in [3.63, 3.8) is 0 Å². The molecule has 0 aromatic heterocycles. The first kappa shape index (κ1) is 51.4. The Labute approximate surface area is 329 Å². The minimum atomic E-state index is -0.757. The van der Waals surface area contributed by atoms with Crippen molar-refractivity contribution in [3.05, 3.63) is 0 Å². The van der Waals surface area contributed by atoms with Gasteiger partial charge in [-0.25, -0.2) is 0 Å². The Morgan fingerprint density at radius 1 is 0.302 bits per heavy atom. The van der Waals surface area contributed by atoms with Crippen LogP contribution in [0.4, 0.5) is 0 Å². The average molecular weight is 751 g/mol. The van der Waals surface area contributed by atoms with Gasteiger partial charge < -0.3 is 14.2 Å². The van der Waals surface area contributed by atoms with E-state index in [1.54, 1.807) is 0 Å². The molecule has 0 aromatic rings. The fourth-order valence-corrected chi connectivity index (χ4v) is 7.03. The van der Waals surface area contributed by atoms with Gasteiger partial charge in [-0.3, -0.25) is 14.4 Å². The van der Waals surface area contributed by atoms with E-state index in [1.165, 1.54) is 167 Å². The first-order chi connectivity index (χ1) is 26.0. The number of hydrogen-bond donors (Lipinski definition) is 0. The van der Waals surface area contributed by atoms with E-state index in [0.717, 1.165) is 57.8 Å². The van der Waals surface area contributed by atoms with Gasteiger partial charge in [-0.1, -0.05) is 226 Å². The third kappa shape index (κ3) is 41.4. The largest absolute Gasteiger partial charge is 0.462 e. The third-order valence-electron chi connectivity index (χ3n) is 10.6. The summed E-state index contributed by atoms with van der Waals surface area (Å²) in [6.45, 7) is 6.60. The quantitative estimate of drug-likeness (QED) is 0.0351. The van der Waals surface area contributed by atoms with Gasteiger partial charge in [0.2, 0.25) is 0 Å². The summed E-state index contributed by atoms with van der Waals surface area (Å²) < 4.78 is 16.6. The van der Waals surface area contributed by atoms with Crippen molar-refractivity contribution >= 4 is 17.9 Å². The highest BCUT2D eigenvalue weighted by atomic mass is 16.6. The summed E-state index contributed by atoms with van der Waals surface area (Å²) in [6, 6.07) is 0. The van der Waals surface area contributed by atoms with Crippen LogP contribution in [0.15, 0.2) is 0 Å². The Kier molecular flexibility index (Phi) is 41.8. The molecule has 0 saturated carbocycles. The van der Waals surface area contributed by atoms with E-state index in [1.807, 2.05) is 0 Å². The normalized spacial score (nSPS) is 11.8. The SMILES string of the molecule is CCCCCCCCCCCCCCCCCCCCCC(=O)O[C@@H](COC(=O)CCCCCCCCC)COC(=O)CCCCCCCCCCC. The van der Waals surface area contributed by atoms with Crippen LogP contribution in [0.25, 0.3) is 0 Å². The third-order valence-corrected chi connectivity index (χ3v) is 10.6. The second-order valence-corrected chi connectivity index (χ2v) is 16.0. The van der Waals surface area contributed by atoms with E-state index < -0.39 is 6.10 Å². The smallest absolute Gasteiger partial charge is 0.306 e. The fraction of sp³-hybridized carbons (Fsp3) is 0.936. The Morgan fingerprint density at radius 3 is 0.755 bits per heavy atom. The van der Waals surface area contributed by atoms with Crippen LogP contribution in [-0.4, -0.2) is 37.2 Å². The lowest BCUT2D eigenvalue weighted by molar-refractivity contribution is -0.167. The number of carbonyl (C=O) groups excluding carboxylic acids is 3. The summed E-state index contributed by atoms with van der Waals surface area (Å²) in [5, 5.41) is 0. The molecule has 0 radical (unpaired) electrons. The number of hydrogen-bond acceptors (Lipinski definition) is 6. The minimum absolute atomic E-state index is 0.0636. The van der Waals surface area contributed by atoms with Crippen LogP contribution < -0.4 is 0 Å². The molecule has 0 aromatic carbocycles. The van der Waals surface area contributed by atoms with Crippen LogP contribution >= 0.6 is 0 Å². The number of unbranched alkanes of at least 4 members (excludes halogenated alkanes) is 32. The first-order valence-corrected chi connectivity index (χ1v) is 23.5. The molecule has 0 saturated heterocycles. The number of rotatable bonds is 43. The summed E-state index contributed by atoms with van der Waals surface area (Å²) in [4.78, 5) is 37.5. The van der Waals surface area contributed by atoms with Crippen LogP contribution in [0.5, 0.6) is 0 Å². The maximum atomic E-state index is 12.7. The van der Waals surface area contributed by atoms with Gasteiger partial charge in [0.05, 0.1) is 0 Å². The van der Waals surface area contributed by atoms with Gasteiger partial charge in [0.15, 0.2) is 6.10 Å². The molecule has 0 spiro atoms. The molecule has 0 aliphatic carbocycles. The molecule has 0 heterocycles. The Morgan fingerprint density at radius 2 is 0.509 bits per heavy atom. The lowest BCUT2D eigenvalue weighted by atomic mass is 10.0. The topological polar surface area (TPSA) is 78.9 Å². The summed E-state index contributed by atoms with van der Waals surface area (Å²) in [6.07, 6.45) is 43.9. The van der Waals surface area contributed by atoms with E-state index in [9.17, 15) is 14.4 Å². The van der Waals surface area contributed by atoms with E-state index >= 15 is 0 Å². The molecule has 53 heavy (non-hydrogen) atoms. The predicted molar refractivity (Wildman–Crippen MR) is 224 cm³/mol. The Hall–Kier alpha value is -1.59. The van der Waals surface area contributed by atoms with Crippen LogP contribution in [0.2, 0.25) is 0 Å². The molecule has 6 nitrogen and oxygen atoms in total. The molecular formula is C47H90O6. The highest BCUT2D eigenvalue weighted by Crippen LogP contribution is 2.16. The first-order valence-electron chi connectivity index (χ1n) is 23.5. The summed E-state index contributed by atoms with van der Waals surface area (Å²) in [5.41, 5.74) is 0. The van der Waals surface area contributed by atoms with Gasteiger partial charge in [0.1, 0.15) is 13.2 Å². The molecule has 0 amide bonds. The molecule has 1 atom stereocenters. The maximum absolute atomic E-state index is 12.7. The second kappa shape index (κ2) is 43.1. The monoisotopic (exact) mass is 751 g/mol. The zero-order chi connectivity index (χ0) is 38.7. The second-order valence-electron chi connectivity index (χ2n) is 16.0. The Balaban J connectivity index is 4.16. The number of carbonyl (C=O) groups is 3. The molecule has 0 rings (SSSR count). The number of esters is 3. The van der Waals surface area contributed by atoms with Crippen LogP contribution in [-0.2, 0) is 28.6 Å². The minimum Gasteiger partial charge on any atom is -0.462 e. The molecule has 0 fully saturated rings. The molecular weight excluding hydrogens is 661 g/mol. The van der Waals surface area contributed by atoms with Crippen molar-refractivity contribution in [2.45, 2.75) is 271 Å². The van der Waals surface area contributed by atoms with Crippen molar-refractivity contribution in [2.24, 2.45) is 0 Å². The lowest BCUT2D eigenvalue weighted by Crippen LogP contribution is -2.30. The predicted octanol–water partition coefficient (Wildman–Crippen LogP) is 14.9. The summed E-state index contributed by atoms with van der Waals surface area (Å²) >= 11 is 0. The van der Waals surface area contributed by atoms with Crippen molar-refractivity contribution in [1.82, 2.24) is 0 Å². The Bertz CT molecular complexity index is 783. The van der Waals surface area contributed by atoms with E-state index in [0.29, 0.717) is 19.3 Å². The van der Waals surface area contributed by atoms with Crippen molar-refractivity contribution < 1.29 is 28.6 Å². The maximum Gasteiger partial charge on any atom is 0.306 e. The molecule has 0 N–H and O–H groups in total. The zero-order valence-electron chi connectivity index (χ0n) is 35.8. The van der Waals surface area contributed by atoms with Crippen LogP contribution in [0, 0.1) is 0 Å². The van der Waals surface area contributed by atoms with Gasteiger partial charge in [-0.15, -0.1) is 0 Å². The molecule has 314 valence electrons. The standard InChI is InChI=1S/C47H90O6/c1-4-7-10-13-16-18-19-20-21-22-23-24-25-26-27-29-32-35-38-41-47(50)53-44(42-51-45(48)39-36-33-30-15-12-9-6-3)43-52-46(49)40-37-34-31-28-17-14-11-8-5-2/h44H,4-43H2,1-3H3/t44-/m0/s1.